The summed E-state index contributed by atoms with van der Waals surface area (Å²) >= 11 is 0. The Balaban J connectivity index is 1.27. The Labute approximate surface area is 164 Å². The molecular weight excluding hydrogens is 338 g/mol. The van der Waals surface area contributed by atoms with Crippen molar-refractivity contribution in [1.29, 1.82) is 0 Å². The number of nitrogens with zero attached hydrogens (tertiary/aromatic N) is 2. The van der Waals surface area contributed by atoms with Gasteiger partial charge in [0.1, 0.15) is 6.61 Å². The summed E-state index contributed by atoms with van der Waals surface area (Å²) in [6, 6.07) is 1.81. The first-order valence-electron chi connectivity index (χ1n) is 11.1. The van der Waals surface area contributed by atoms with Gasteiger partial charge in [-0.25, -0.2) is 4.79 Å². The van der Waals surface area contributed by atoms with Crippen LogP contribution in [-0.2, 0) is 4.74 Å². The van der Waals surface area contributed by atoms with Gasteiger partial charge in [-0.3, -0.25) is 0 Å². The van der Waals surface area contributed by atoms with E-state index in [1.807, 2.05) is 0 Å². The van der Waals surface area contributed by atoms with Gasteiger partial charge in [0.15, 0.2) is 0 Å². The molecule has 2 heterocycles. The van der Waals surface area contributed by atoms with E-state index in [0.717, 1.165) is 45.3 Å². The third-order valence-corrected chi connectivity index (χ3v) is 7.43. The first-order valence-corrected chi connectivity index (χ1v) is 11.1. The fourth-order valence-electron chi connectivity index (χ4n) is 5.96. The number of amides is 2. The summed E-state index contributed by atoms with van der Waals surface area (Å²) < 4.78 is 5.72. The van der Waals surface area contributed by atoms with Crippen LogP contribution in [0.1, 0.15) is 64.2 Å². The number of fused-ring (bicyclic) bond motifs is 1. The van der Waals surface area contributed by atoms with E-state index in [2.05, 4.69) is 21.0 Å². The number of terminal acetylenes is 1. The minimum atomic E-state index is 0.197. The smallest absolute Gasteiger partial charge is 0.317 e. The standard InChI is InChI=1S/C22H35N3O2/c1-2-15-27-20-9-7-18(8-10-20)24-13-11-19(12-14-24)25-21-6-4-3-5-17(21)16-23-22(25)26/h1,17-21H,3-16H2,(H,23,26)/t17-,18?,20?,21+/m1/s1. The lowest BCUT2D eigenvalue weighted by atomic mass is 9.81. The molecule has 2 saturated carbocycles. The summed E-state index contributed by atoms with van der Waals surface area (Å²) in [6.07, 6.45) is 17.7. The molecule has 0 spiro atoms. The molecule has 4 aliphatic rings. The summed E-state index contributed by atoms with van der Waals surface area (Å²) in [6.45, 7) is 3.60. The number of nitrogens with one attached hydrogen (secondary N) is 1. The van der Waals surface area contributed by atoms with Crippen molar-refractivity contribution in [2.45, 2.75) is 88.4 Å². The van der Waals surface area contributed by atoms with Gasteiger partial charge < -0.3 is 19.9 Å². The third kappa shape index (κ3) is 4.27. The molecule has 0 aromatic rings. The van der Waals surface area contributed by atoms with Gasteiger partial charge in [-0.15, -0.1) is 6.42 Å². The molecule has 5 heteroatoms. The Morgan fingerprint density at radius 2 is 1.74 bits per heavy atom. The second-order valence-corrected chi connectivity index (χ2v) is 8.92. The fourth-order valence-corrected chi connectivity index (χ4v) is 5.96. The van der Waals surface area contributed by atoms with E-state index < -0.39 is 0 Å². The average Bonchev–Trinajstić information content (AvgIpc) is 2.73. The average molecular weight is 374 g/mol. The number of carbonyl (C=O) groups excluding carboxylic acids is 1. The third-order valence-electron chi connectivity index (χ3n) is 7.43. The van der Waals surface area contributed by atoms with E-state index >= 15 is 0 Å². The molecule has 0 bridgehead atoms. The van der Waals surface area contributed by atoms with Gasteiger partial charge in [0, 0.05) is 37.8 Å². The van der Waals surface area contributed by atoms with Crippen LogP contribution < -0.4 is 5.32 Å². The minimum Gasteiger partial charge on any atom is -0.366 e. The number of likely N-dealkylation sites (tertiary alicyclic amines) is 1. The van der Waals surface area contributed by atoms with Crippen molar-refractivity contribution in [3.05, 3.63) is 0 Å². The molecule has 4 rings (SSSR count). The molecule has 2 amide bonds. The maximum absolute atomic E-state index is 12.6. The Morgan fingerprint density at radius 3 is 2.48 bits per heavy atom. The van der Waals surface area contributed by atoms with Crippen LogP contribution in [0, 0.1) is 18.3 Å². The van der Waals surface area contributed by atoms with Gasteiger partial charge in [0.05, 0.1) is 6.10 Å². The van der Waals surface area contributed by atoms with Crippen molar-refractivity contribution in [3.8, 4) is 12.3 Å². The van der Waals surface area contributed by atoms with Gasteiger partial charge in [-0.1, -0.05) is 18.8 Å². The van der Waals surface area contributed by atoms with Crippen molar-refractivity contribution in [2.75, 3.05) is 26.2 Å². The van der Waals surface area contributed by atoms with Crippen LogP contribution in [0.4, 0.5) is 4.79 Å². The predicted octanol–water partition coefficient (Wildman–Crippen LogP) is 3.00. The molecule has 150 valence electrons. The minimum absolute atomic E-state index is 0.197. The predicted molar refractivity (Wildman–Crippen MR) is 106 cm³/mol. The Hall–Kier alpha value is -1.25. The van der Waals surface area contributed by atoms with Crippen LogP contribution >= 0.6 is 0 Å². The van der Waals surface area contributed by atoms with E-state index in [1.165, 1.54) is 38.5 Å². The molecule has 2 saturated heterocycles. The summed E-state index contributed by atoms with van der Waals surface area (Å²) in [7, 11) is 0. The van der Waals surface area contributed by atoms with Crippen molar-refractivity contribution in [1.82, 2.24) is 15.1 Å². The molecule has 2 aliphatic carbocycles. The zero-order valence-corrected chi connectivity index (χ0v) is 16.6. The lowest BCUT2D eigenvalue weighted by molar-refractivity contribution is 0.00314. The largest absolute Gasteiger partial charge is 0.366 e. The molecule has 4 fully saturated rings. The topological polar surface area (TPSA) is 44.8 Å². The highest BCUT2D eigenvalue weighted by Gasteiger charge is 2.41. The van der Waals surface area contributed by atoms with Gasteiger partial charge in [-0.2, -0.15) is 0 Å². The molecule has 0 aromatic carbocycles. The molecular formula is C22H35N3O2. The normalized spacial score (nSPS) is 36.0. The second kappa shape index (κ2) is 8.84. The number of carbonyl (C=O) groups is 1. The van der Waals surface area contributed by atoms with Crippen LogP contribution in [0.25, 0.3) is 0 Å². The highest BCUT2D eigenvalue weighted by molar-refractivity contribution is 5.76. The molecule has 1 N–H and O–H groups in total. The zero-order chi connectivity index (χ0) is 18.6. The number of ether oxygens (including phenoxy) is 1. The number of piperidine rings is 1. The monoisotopic (exact) mass is 373 g/mol. The fraction of sp³-hybridized carbons (Fsp3) is 0.864. The summed E-state index contributed by atoms with van der Waals surface area (Å²) in [5, 5.41) is 3.17. The van der Waals surface area contributed by atoms with Crippen molar-refractivity contribution < 1.29 is 9.53 Å². The van der Waals surface area contributed by atoms with Gasteiger partial charge in [0.2, 0.25) is 0 Å². The van der Waals surface area contributed by atoms with Gasteiger partial charge >= 0.3 is 6.03 Å². The SMILES string of the molecule is C#CCOC1CCC(N2CCC(N3C(=O)NC[C@H]4CCCC[C@@H]43)CC2)CC1. The molecule has 5 nitrogen and oxygen atoms in total. The molecule has 0 aromatic heterocycles. The second-order valence-electron chi connectivity index (χ2n) is 8.92. The van der Waals surface area contributed by atoms with Crippen molar-refractivity contribution in [3.63, 3.8) is 0 Å². The van der Waals surface area contributed by atoms with Gasteiger partial charge in [-0.05, 0) is 57.3 Å². The molecule has 0 radical (unpaired) electrons. The van der Waals surface area contributed by atoms with Crippen LogP contribution in [0.3, 0.4) is 0 Å². The van der Waals surface area contributed by atoms with Crippen LogP contribution in [-0.4, -0.2) is 66.3 Å². The Morgan fingerprint density at radius 1 is 1.00 bits per heavy atom. The van der Waals surface area contributed by atoms with E-state index in [0.29, 0.717) is 36.8 Å². The quantitative estimate of drug-likeness (QED) is 0.771. The van der Waals surface area contributed by atoms with Crippen molar-refractivity contribution >= 4 is 6.03 Å². The summed E-state index contributed by atoms with van der Waals surface area (Å²) in [5.41, 5.74) is 0. The van der Waals surface area contributed by atoms with E-state index in [1.54, 1.807) is 0 Å². The van der Waals surface area contributed by atoms with Gasteiger partial charge in [0.25, 0.3) is 0 Å². The van der Waals surface area contributed by atoms with Crippen LogP contribution in [0.15, 0.2) is 0 Å². The first kappa shape index (κ1) is 19.1. The van der Waals surface area contributed by atoms with E-state index in [9.17, 15) is 4.79 Å². The maximum atomic E-state index is 12.6. The molecule has 2 atom stereocenters. The maximum Gasteiger partial charge on any atom is 0.317 e. The Kier molecular flexibility index (Phi) is 6.24. The van der Waals surface area contributed by atoms with E-state index in [4.69, 9.17) is 11.2 Å². The number of hydrogen-bond donors (Lipinski definition) is 1. The summed E-state index contributed by atoms with van der Waals surface area (Å²) in [4.78, 5) is 17.6. The van der Waals surface area contributed by atoms with Crippen molar-refractivity contribution in [2.24, 2.45) is 5.92 Å². The highest BCUT2D eigenvalue weighted by Crippen LogP contribution is 2.35. The molecule has 0 unspecified atom stereocenters. The zero-order valence-electron chi connectivity index (χ0n) is 16.6. The lowest BCUT2D eigenvalue weighted by Crippen LogP contribution is -2.63. The number of rotatable bonds is 4. The highest BCUT2D eigenvalue weighted by atomic mass is 16.5. The summed E-state index contributed by atoms with van der Waals surface area (Å²) in [5.74, 6) is 3.25. The van der Waals surface area contributed by atoms with E-state index in [-0.39, 0.29) is 6.03 Å². The lowest BCUT2D eigenvalue weighted by Gasteiger charge is -2.50. The van der Waals surface area contributed by atoms with Crippen LogP contribution in [0.5, 0.6) is 0 Å². The first-order chi connectivity index (χ1) is 13.3. The number of hydrogen-bond acceptors (Lipinski definition) is 3. The Bertz CT molecular complexity index is 544. The van der Waals surface area contributed by atoms with Crippen LogP contribution in [0.2, 0.25) is 0 Å². The molecule has 2 aliphatic heterocycles. The number of urea groups is 1. The molecule has 27 heavy (non-hydrogen) atoms.